The van der Waals surface area contributed by atoms with Crippen LogP contribution in [0.4, 0.5) is 0 Å². The van der Waals surface area contributed by atoms with Gasteiger partial charge in [-0.1, -0.05) is 12.1 Å². The van der Waals surface area contributed by atoms with Crippen LogP contribution in [0.1, 0.15) is 10.4 Å². The summed E-state index contributed by atoms with van der Waals surface area (Å²) in [7, 11) is 0. The standard InChI is InChI=1S/C14H11N3O2/c18-14(19)10-3-1-9(2-4-10)13-16-8-12(17-13)11-5-6-15-7-11/h1-8,15H,(H,16,17)(H,18,19). The normalized spacial score (nSPS) is 10.5. The van der Waals surface area contributed by atoms with Crippen molar-refractivity contribution in [3.63, 3.8) is 0 Å². The van der Waals surface area contributed by atoms with Gasteiger partial charge >= 0.3 is 5.97 Å². The molecule has 94 valence electrons. The van der Waals surface area contributed by atoms with Gasteiger partial charge in [0.1, 0.15) is 5.82 Å². The maximum atomic E-state index is 10.8. The summed E-state index contributed by atoms with van der Waals surface area (Å²) < 4.78 is 0. The Labute approximate surface area is 109 Å². The van der Waals surface area contributed by atoms with Gasteiger partial charge in [-0.3, -0.25) is 0 Å². The van der Waals surface area contributed by atoms with Crippen LogP contribution < -0.4 is 0 Å². The summed E-state index contributed by atoms with van der Waals surface area (Å²) in [4.78, 5) is 21.3. The number of imidazole rings is 1. The number of aromatic carboxylic acids is 1. The average Bonchev–Trinajstić information content (AvgIpc) is 3.10. The molecule has 0 aliphatic carbocycles. The smallest absolute Gasteiger partial charge is 0.335 e. The SMILES string of the molecule is O=C(O)c1ccc(-c2ncc(-c3cc[nH]c3)[nH]2)cc1. The summed E-state index contributed by atoms with van der Waals surface area (Å²) in [5.74, 6) is -0.216. The van der Waals surface area contributed by atoms with Gasteiger partial charge < -0.3 is 15.1 Å². The van der Waals surface area contributed by atoms with Gasteiger partial charge in [0.15, 0.2) is 0 Å². The van der Waals surface area contributed by atoms with Crippen LogP contribution >= 0.6 is 0 Å². The fourth-order valence-electron chi connectivity index (χ4n) is 1.88. The lowest BCUT2D eigenvalue weighted by Gasteiger charge is -1.98. The first-order valence-corrected chi connectivity index (χ1v) is 5.76. The molecule has 19 heavy (non-hydrogen) atoms. The number of carboxylic acids is 1. The number of aromatic amines is 2. The van der Waals surface area contributed by atoms with Crippen molar-refractivity contribution in [1.82, 2.24) is 15.0 Å². The highest BCUT2D eigenvalue weighted by Gasteiger charge is 2.07. The molecule has 0 aliphatic rings. The van der Waals surface area contributed by atoms with Crippen molar-refractivity contribution < 1.29 is 9.90 Å². The molecule has 5 heteroatoms. The maximum Gasteiger partial charge on any atom is 0.335 e. The Hall–Kier alpha value is -2.82. The number of carboxylic acid groups (broad SMARTS) is 1. The highest BCUT2D eigenvalue weighted by Crippen LogP contribution is 2.21. The zero-order valence-electron chi connectivity index (χ0n) is 9.92. The van der Waals surface area contributed by atoms with E-state index >= 15 is 0 Å². The Balaban J connectivity index is 1.92. The highest BCUT2D eigenvalue weighted by atomic mass is 16.4. The number of hydrogen-bond acceptors (Lipinski definition) is 2. The molecule has 2 heterocycles. The zero-order chi connectivity index (χ0) is 13.2. The molecular formula is C14H11N3O2. The second kappa shape index (κ2) is 4.45. The van der Waals surface area contributed by atoms with Crippen LogP contribution in [0.5, 0.6) is 0 Å². The number of hydrogen-bond donors (Lipinski definition) is 3. The zero-order valence-corrected chi connectivity index (χ0v) is 9.92. The monoisotopic (exact) mass is 253 g/mol. The molecule has 0 amide bonds. The van der Waals surface area contributed by atoms with Crippen molar-refractivity contribution in [1.29, 1.82) is 0 Å². The third kappa shape index (κ3) is 2.13. The fraction of sp³-hybridized carbons (Fsp3) is 0. The van der Waals surface area contributed by atoms with E-state index in [1.807, 2.05) is 18.5 Å². The van der Waals surface area contributed by atoms with Crippen LogP contribution in [0.3, 0.4) is 0 Å². The topological polar surface area (TPSA) is 81.8 Å². The third-order valence-electron chi connectivity index (χ3n) is 2.89. The van der Waals surface area contributed by atoms with Gasteiger partial charge in [0.05, 0.1) is 17.5 Å². The van der Waals surface area contributed by atoms with Crippen LogP contribution in [-0.2, 0) is 0 Å². The Bertz CT molecular complexity index is 697. The summed E-state index contributed by atoms with van der Waals surface area (Å²) in [6.07, 6.45) is 5.48. The second-order valence-electron chi connectivity index (χ2n) is 4.13. The highest BCUT2D eigenvalue weighted by molar-refractivity contribution is 5.88. The molecule has 0 spiro atoms. The minimum Gasteiger partial charge on any atom is -0.478 e. The van der Waals surface area contributed by atoms with Crippen molar-refractivity contribution in [2.24, 2.45) is 0 Å². The Morgan fingerprint density at radius 3 is 2.53 bits per heavy atom. The summed E-state index contributed by atoms with van der Waals surface area (Å²) in [6.45, 7) is 0. The number of nitrogens with zero attached hydrogens (tertiary/aromatic N) is 1. The molecule has 2 aromatic heterocycles. The first-order chi connectivity index (χ1) is 9.24. The number of rotatable bonds is 3. The van der Waals surface area contributed by atoms with E-state index in [0.29, 0.717) is 5.82 Å². The molecule has 0 saturated carbocycles. The minimum absolute atomic E-state index is 0.265. The van der Waals surface area contributed by atoms with E-state index < -0.39 is 5.97 Å². The van der Waals surface area contributed by atoms with Crippen molar-refractivity contribution >= 4 is 5.97 Å². The lowest BCUT2D eigenvalue weighted by atomic mass is 10.1. The Morgan fingerprint density at radius 1 is 1.11 bits per heavy atom. The van der Waals surface area contributed by atoms with Crippen LogP contribution in [0, 0.1) is 0 Å². The first kappa shape index (κ1) is 11.3. The molecule has 0 atom stereocenters. The summed E-state index contributed by atoms with van der Waals surface area (Å²) in [5.41, 5.74) is 3.06. The predicted molar refractivity (Wildman–Crippen MR) is 70.8 cm³/mol. The molecule has 3 N–H and O–H groups in total. The molecule has 5 nitrogen and oxygen atoms in total. The molecule has 3 aromatic rings. The Morgan fingerprint density at radius 2 is 1.89 bits per heavy atom. The number of carbonyl (C=O) groups is 1. The van der Waals surface area contributed by atoms with Crippen LogP contribution in [-0.4, -0.2) is 26.0 Å². The van der Waals surface area contributed by atoms with E-state index in [1.54, 1.807) is 30.5 Å². The van der Waals surface area contributed by atoms with Gasteiger partial charge in [-0.25, -0.2) is 9.78 Å². The largest absolute Gasteiger partial charge is 0.478 e. The van der Waals surface area contributed by atoms with Gasteiger partial charge in [-0.05, 0) is 18.2 Å². The van der Waals surface area contributed by atoms with Gasteiger partial charge in [-0.15, -0.1) is 0 Å². The van der Waals surface area contributed by atoms with Gasteiger partial charge in [0.25, 0.3) is 0 Å². The van der Waals surface area contributed by atoms with E-state index in [4.69, 9.17) is 5.11 Å². The third-order valence-corrected chi connectivity index (χ3v) is 2.89. The molecule has 0 aliphatic heterocycles. The maximum absolute atomic E-state index is 10.8. The van der Waals surface area contributed by atoms with Crippen LogP contribution in [0.2, 0.25) is 0 Å². The first-order valence-electron chi connectivity index (χ1n) is 5.76. The molecule has 1 aromatic carbocycles. The predicted octanol–water partition coefficient (Wildman–Crippen LogP) is 2.77. The number of benzene rings is 1. The van der Waals surface area contributed by atoms with Crippen molar-refractivity contribution in [2.45, 2.75) is 0 Å². The van der Waals surface area contributed by atoms with Crippen molar-refractivity contribution in [3.8, 4) is 22.6 Å². The van der Waals surface area contributed by atoms with E-state index in [9.17, 15) is 4.79 Å². The van der Waals surface area contributed by atoms with Crippen molar-refractivity contribution in [3.05, 3.63) is 54.5 Å². The summed E-state index contributed by atoms with van der Waals surface area (Å²) >= 11 is 0. The lowest BCUT2D eigenvalue weighted by Crippen LogP contribution is -1.95. The fourth-order valence-corrected chi connectivity index (χ4v) is 1.88. The molecule has 0 radical (unpaired) electrons. The van der Waals surface area contributed by atoms with Crippen LogP contribution in [0.25, 0.3) is 22.6 Å². The molecular weight excluding hydrogens is 242 g/mol. The number of nitrogens with one attached hydrogen (secondary N) is 2. The number of aromatic nitrogens is 3. The number of H-pyrrole nitrogens is 2. The minimum atomic E-state index is -0.931. The summed E-state index contributed by atoms with van der Waals surface area (Å²) in [6, 6.07) is 8.56. The van der Waals surface area contributed by atoms with Gasteiger partial charge in [0, 0.05) is 23.5 Å². The summed E-state index contributed by atoms with van der Waals surface area (Å²) in [5, 5.41) is 8.85. The van der Waals surface area contributed by atoms with E-state index in [2.05, 4.69) is 15.0 Å². The average molecular weight is 253 g/mol. The van der Waals surface area contributed by atoms with Crippen LogP contribution in [0.15, 0.2) is 48.9 Å². The van der Waals surface area contributed by atoms with Gasteiger partial charge in [-0.2, -0.15) is 0 Å². The van der Waals surface area contributed by atoms with E-state index in [0.717, 1.165) is 16.8 Å². The van der Waals surface area contributed by atoms with Crippen molar-refractivity contribution in [2.75, 3.05) is 0 Å². The molecule has 0 unspecified atom stereocenters. The molecule has 0 fully saturated rings. The quantitative estimate of drug-likeness (QED) is 0.671. The molecule has 3 rings (SSSR count). The van der Waals surface area contributed by atoms with Gasteiger partial charge in [0.2, 0.25) is 0 Å². The lowest BCUT2D eigenvalue weighted by molar-refractivity contribution is 0.0697. The van der Waals surface area contributed by atoms with E-state index in [-0.39, 0.29) is 5.56 Å². The van der Waals surface area contributed by atoms with E-state index in [1.165, 1.54) is 0 Å². The molecule has 0 bridgehead atoms. The molecule has 0 saturated heterocycles. The Kier molecular flexibility index (Phi) is 2.64. The second-order valence-corrected chi connectivity index (χ2v) is 4.13.